The van der Waals surface area contributed by atoms with Gasteiger partial charge in [-0.1, -0.05) is 0 Å². The number of aromatic nitrogens is 1. The van der Waals surface area contributed by atoms with E-state index in [2.05, 4.69) is 10.0 Å². The number of carbonyl (C=O) groups excluding carboxylic acids is 1. The third-order valence-electron chi connectivity index (χ3n) is 4.52. The van der Waals surface area contributed by atoms with Gasteiger partial charge in [-0.05, 0) is 31.9 Å². The van der Waals surface area contributed by atoms with E-state index >= 15 is 0 Å². The first kappa shape index (κ1) is 19.5. The monoisotopic (exact) mass is 399 g/mol. The first-order valence-electron chi connectivity index (χ1n) is 8.25. The van der Waals surface area contributed by atoms with Gasteiger partial charge in [0.1, 0.15) is 10.6 Å². The van der Waals surface area contributed by atoms with Gasteiger partial charge < -0.3 is 15.0 Å². The van der Waals surface area contributed by atoms with Gasteiger partial charge in [-0.3, -0.25) is 4.79 Å². The van der Waals surface area contributed by atoms with Gasteiger partial charge in [-0.2, -0.15) is 0 Å². The summed E-state index contributed by atoms with van der Waals surface area (Å²) in [5.74, 6) is -2.79. The minimum absolute atomic E-state index is 0.0383. The molecule has 0 fully saturated rings. The van der Waals surface area contributed by atoms with Gasteiger partial charge in [-0.15, -0.1) is 0 Å². The normalized spacial score (nSPS) is 19.8. The summed E-state index contributed by atoms with van der Waals surface area (Å²) in [6.07, 6.45) is 0.983. The van der Waals surface area contributed by atoms with Crippen LogP contribution in [-0.4, -0.2) is 36.1 Å². The van der Waals surface area contributed by atoms with E-state index in [1.165, 1.54) is 30.8 Å². The van der Waals surface area contributed by atoms with Crippen LogP contribution in [-0.2, 0) is 23.5 Å². The Kier molecular flexibility index (Phi) is 5.06. The number of aliphatic hydroxyl groups excluding tert-OH is 1. The Bertz CT molecular complexity index is 1000. The number of sulfonamides is 1. The number of hydrogen-bond donors (Lipinski definition) is 3. The molecule has 0 unspecified atom stereocenters. The van der Waals surface area contributed by atoms with Crippen LogP contribution in [0.5, 0.6) is 0 Å². The zero-order chi connectivity index (χ0) is 19.9. The molecule has 1 amide bonds. The quantitative estimate of drug-likeness (QED) is 0.729. The summed E-state index contributed by atoms with van der Waals surface area (Å²) in [4.78, 5) is 12.7. The standard InChI is InChI=1S/C17H19F2N3O4S/c1-9(23)14-6-4-11-15(27(25,26)21-14)8-22(2)16(11)17(24)20-10-3-5-12(18)13(19)7-10/h3,5,7-9,14,21,23H,4,6H2,1-2H3,(H,20,24)/t9-,14+/m0/s1. The molecule has 1 aromatic carbocycles. The van der Waals surface area contributed by atoms with E-state index in [1.807, 2.05) is 0 Å². The second kappa shape index (κ2) is 7.02. The van der Waals surface area contributed by atoms with Crippen LogP contribution in [0.2, 0.25) is 0 Å². The second-order valence-corrected chi connectivity index (χ2v) is 8.20. The van der Waals surface area contributed by atoms with Crippen LogP contribution in [0.4, 0.5) is 14.5 Å². The van der Waals surface area contributed by atoms with E-state index in [1.54, 1.807) is 0 Å². The van der Waals surface area contributed by atoms with Crippen molar-refractivity contribution < 1.29 is 27.1 Å². The van der Waals surface area contributed by atoms with Crippen LogP contribution in [0.25, 0.3) is 0 Å². The van der Waals surface area contributed by atoms with Crippen molar-refractivity contribution in [1.82, 2.24) is 9.29 Å². The van der Waals surface area contributed by atoms with E-state index in [-0.39, 0.29) is 22.7 Å². The number of amides is 1. The predicted octanol–water partition coefficient (Wildman–Crippen LogP) is 1.53. The van der Waals surface area contributed by atoms with Crippen molar-refractivity contribution in [2.45, 2.75) is 36.8 Å². The summed E-state index contributed by atoms with van der Waals surface area (Å²) in [7, 11) is -2.39. The SMILES string of the molecule is C[C@H](O)[C@H]1CCc2c(cn(C)c2C(=O)Nc2ccc(F)c(F)c2)S(=O)(=O)N1. The first-order valence-corrected chi connectivity index (χ1v) is 9.73. The maximum Gasteiger partial charge on any atom is 0.272 e. The van der Waals surface area contributed by atoms with Crippen LogP contribution in [0.15, 0.2) is 29.3 Å². The molecule has 2 atom stereocenters. The summed E-state index contributed by atoms with van der Waals surface area (Å²) in [6, 6.07) is 2.27. The fourth-order valence-corrected chi connectivity index (χ4v) is 4.80. The molecule has 0 radical (unpaired) electrons. The molecule has 3 N–H and O–H groups in total. The maximum atomic E-state index is 13.4. The summed E-state index contributed by atoms with van der Waals surface area (Å²) in [5.41, 5.74) is 0.463. The van der Waals surface area contributed by atoms with E-state index in [0.717, 1.165) is 12.1 Å². The first-order chi connectivity index (χ1) is 12.6. The molecule has 0 spiro atoms. The summed E-state index contributed by atoms with van der Waals surface area (Å²) in [5, 5.41) is 12.2. The molecule has 2 heterocycles. The van der Waals surface area contributed by atoms with Crippen molar-refractivity contribution in [3.63, 3.8) is 0 Å². The minimum atomic E-state index is -3.91. The van der Waals surface area contributed by atoms with Gasteiger partial charge >= 0.3 is 0 Å². The molecular formula is C17H19F2N3O4S. The van der Waals surface area contributed by atoms with Gasteiger partial charge in [0.25, 0.3) is 5.91 Å². The smallest absolute Gasteiger partial charge is 0.272 e. The van der Waals surface area contributed by atoms with Crippen LogP contribution >= 0.6 is 0 Å². The number of carbonyl (C=O) groups is 1. The van der Waals surface area contributed by atoms with Crippen molar-refractivity contribution in [2.75, 3.05) is 5.32 Å². The summed E-state index contributed by atoms with van der Waals surface area (Å²) >= 11 is 0. The number of anilines is 1. The summed E-state index contributed by atoms with van der Waals surface area (Å²) < 4.78 is 55.4. The Balaban J connectivity index is 1.97. The molecule has 0 saturated heterocycles. The van der Waals surface area contributed by atoms with E-state index < -0.39 is 39.7 Å². The highest BCUT2D eigenvalue weighted by Crippen LogP contribution is 2.28. The van der Waals surface area contributed by atoms with Gasteiger partial charge in [0.15, 0.2) is 11.6 Å². The van der Waals surface area contributed by atoms with Crippen LogP contribution in [0.1, 0.15) is 29.4 Å². The average molecular weight is 399 g/mol. The zero-order valence-corrected chi connectivity index (χ0v) is 15.5. The van der Waals surface area contributed by atoms with Crippen molar-refractivity contribution in [2.24, 2.45) is 7.05 Å². The lowest BCUT2D eigenvalue weighted by Gasteiger charge is -2.18. The summed E-state index contributed by atoms with van der Waals surface area (Å²) in [6.45, 7) is 1.49. The van der Waals surface area contributed by atoms with Crippen LogP contribution < -0.4 is 10.0 Å². The number of aliphatic hydroxyl groups is 1. The van der Waals surface area contributed by atoms with Crippen LogP contribution in [0, 0.1) is 11.6 Å². The Morgan fingerprint density at radius 3 is 2.70 bits per heavy atom. The van der Waals surface area contributed by atoms with Gasteiger partial charge in [-0.25, -0.2) is 21.9 Å². The third-order valence-corrected chi connectivity index (χ3v) is 6.07. The van der Waals surface area contributed by atoms with E-state index in [9.17, 15) is 27.1 Å². The van der Waals surface area contributed by atoms with Crippen molar-refractivity contribution in [3.05, 3.63) is 47.3 Å². The topological polar surface area (TPSA) is 100 Å². The fraction of sp³-hybridized carbons (Fsp3) is 0.353. The van der Waals surface area contributed by atoms with Crippen molar-refractivity contribution in [3.8, 4) is 0 Å². The number of benzene rings is 1. The lowest BCUT2D eigenvalue weighted by molar-refractivity contribution is 0.101. The molecule has 10 heteroatoms. The molecule has 2 aromatic rings. The Morgan fingerprint density at radius 2 is 2.07 bits per heavy atom. The highest BCUT2D eigenvalue weighted by Gasteiger charge is 2.34. The number of rotatable bonds is 3. The largest absolute Gasteiger partial charge is 0.392 e. The second-order valence-electron chi connectivity index (χ2n) is 6.52. The Morgan fingerprint density at radius 1 is 1.37 bits per heavy atom. The predicted molar refractivity (Wildman–Crippen MR) is 93.8 cm³/mol. The van der Waals surface area contributed by atoms with Crippen molar-refractivity contribution >= 4 is 21.6 Å². The van der Waals surface area contributed by atoms with Crippen molar-refractivity contribution in [1.29, 1.82) is 0 Å². The highest BCUT2D eigenvalue weighted by atomic mass is 32.2. The molecule has 7 nitrogen and oxygen atoms in total. The lowest BCUT2D eigenvalue weighted by Crippen LogP contribution is -2.40. The number of hydrogen-bond acceptors (Lipinski definition) is 4. The van der Waals surface area contributed by atoms with E-state index in [0.29, 0.717) is 12.0 Å². The number of halogens is 2. The molecule has 27 heavy (non-hydrogen) atoms. The third kappa shape index (κ3) is 3.73. The zero-order valence-electron chi connectivity index (χ0n) is 14.7. The average Bonchev–Trinajstić information content (AvgIpc) is 2.85. The molecule has 1 aliphatic heterocycles. The minimum Gasteiger partial charge on any atom is -0.392 e. The Hall–Kier alpha value is -2.30. The molecule has 0 saturated carbocycles. The molecule has 1 aromatic heterocycles. The molecular weight excluding hydrogens is 380 g/mol. The van der Waals surface area contributed by atoms with E-state index in [4.69, 9.17) is 0 Å². The lowest BCUT2D eigenvalue weighted by atomic mass is 10.0. The number of aryl methyl sites for hydroxylation is 1. The van der Waals surface area contributed by atoms with Gasteiger partial charge in [0, 0.05) is 36.6 Å². The highest BCUT2D eigenvalue weighted by molar-refractivity contribution is 7.89. The number of nitrogens with zero attached hydrogens (tertiary/aromatic N) is 1. The Labute approximate surface area is 155 Å². The molecule has 3 rings (SSSR count). The van der Waals surface area contributed by atoms with Crippen LogP contribution in [0.3, 0.4) is 0 Å². The number of fused-ring (bicyclic) bond motifs is 1. The van der Waals surface area contributed by atoms with Gasteiger partial charge in [0.2, 0.25) is 10.0 Å². The molecule has 0 aliphatic carbocycles. The molecule has 0 bridgehead atoms. The molecule has 1 aliphatic rings. The number of nitrogens with one attached hydrogen (secondary N) is 2. The fourth-order valence-electron chi connectivity index (χ4n) is 3.14. The molecule has 146 valence electrons. The maximum absolute atomic E-state index is 13.4. The van der Waals surface area contributed by atoms with Gasteiger partial charge in [0.05, 0.1) is 6.10 Å².